The van der Waals surface area contributed by atoms with Crippen LogP contribution in [-0.2, 0) is 68.0 Å². The molecule has 1 nitrogen and oxygen atoms in total. The zero-order chi connectivity index (χ0) is 0. The SMILES string of the molecule is [Cr].[Fe].[Mn].[N].[Ni]. The number of hydrogen-bond acceptors (Lipinski definition) is 0. The van der Waals surface area contributed by atoms with Crippen LogP contribution in [0.4, 0.5) is 0 Å². The molecule has 0 saturated carbocycles. The fourth-order valence-electron chi connectivity index (χ4n) is 0. The molecule has 36 valence electrons. The minimum Gasteiger partial charge on any atom is 0 e. The summed E-state index contributed by atoms with van der Waals surface area (Å²) in [4.78, 5) is 0. The number of nitrogens with zero attached hydrogens (tertiary/aromatic N) is 1. The van der Waals surface area contributed by atoms with Gasteiger partial charge in [-0.1, -0.05) is 0 Å². The van der Waals surface area contributed by atoms with Crippen LogP contribution in [0.25, 0.3) is 0 Å². The first-order chi connectivity index (χ1) is 0. The predicted octanol–water partition coefficient (Wildman–Crippen LogP) is -0.491. The van der Waals surface area contributed by atoms with Gasteiger partial charge in [0.05, 0.1) is 0 Å². The summed E-state index contributed by atoms with van der Waals surface area (Å²) in [6.45, 7) is 0. The molecule has 0 bridgehead atoms. The molecule has 0 saturated heterocycles. The summed E-state index contributed by atoms with van der Waals surface area (Å²) in [6, 6.07) is 0. The maximum Gasteiger partial charge on any atom is 0 e. The Labute approximate surface area is 73.6 Å². The Hall–Kier alpha value is 2.02. The van der Waals surface area contributed by atoms with Crippen LogP contribution in [0.3, 0.4) is 0 Å². The third-order valence-electron chi connectivity index (χ3n) is 0. The van der Waals surface area contributed by atoms with Gasteiger partial charge in [-0.05, 0) is 0 Å². The molecule has 5 heavy (non-hydrogen) atoms. The third-order valence-corrected chi connectivity index (χ3v) is 0. The summed E-state index contributed by atoms with van der Waals surface area (Å²) >= 11 is 0. The van der Waals surface area contributed by atoms with E-state index >= 15 is 0 Å². The van der Waals surface area contributed by atoms with Crippen molar-refractivity contribution in [2.75, 3.05) is 0 Å². The van der Waals surface area contributed by atoms with Gasteiger partial charge in [0.2, 0.25) is 0 Å². The molecule has 0 aromatic rings. The first-order valence-corrected chi connectivity index (χ1v) is 0. The van der Waals surface area contributed by atoms with Gasteiger partial charge in [0, 0.05) is 74.1 Å². The minimum absolute atomic E-state index is 0. The van der Waals surface area contributed by atoms with Crippen LogP contribution in [0.1, 0.15) is 0 Å². The van der Waals surface area contributed by atoms with Gasteiger partial charge >= 0.3 is 0 Å². The molecule has 0 fully saturated rings. The Morgan fingerprint density at radius 2 is 1.00 bits per heavy atom. The number of hydrogen-bond donors (Lipinski definition) is 0. The van der Waals surface area contributed by atoms with Crippen molar-refractivity contribution in [2.24, 2.45) is 0 Å². The van der Waals surface area contributed by atoms with E-state index in [0.29, 0.717) is 0 Å². The molecule has 0 amide bonds. The second-order valence-corrected chi connectivity index (χ2v) is 0. The number of rotatable bonds is 0. The van der Waals surface area contributed by atoms with E-state index in [-0.39, 0.29) is 74.1 Å². The molecule has 5 heteroatoms. The van der Waals surface area contributed by atoms with Crippen LogP contribution in [-0.4, -0.2) is 0 Å². The first-order valence-electron chi connectivity index (χ1n) is 0. The smallest absolute Gasteiger partial charge is 0 e. The Bertz CT molecular complexity index is 11.6. The van der Waals surface area contributed by atoms with Crippen LogP contribution in [0.2, 0.25) is 0 Å². The largest absolute Gasteiger partial charge is 0 e. The zero-order valence-electron chi connectivity index (χ0n) is 1.90. The molecule has 0 aliphatic heterocycles. The van der Waals surface area contributed by atoms with Gasteiger partial charge < -0.3 is 0 Å². The summed E-state index contributed by atoms with van der Waals surface area (Å²) in [6.07, 6.45) is 0. The summed E-state index contributed by atoms with van der Waals surface area (Å²) in [5.74, 6) is 0. The maximum absolute atomic E-state index is 0. The van der Waals surface area contributed by atoms with Crippen molar-refractivity contribution in [2.45, 2.75) is 0 Å². The summed E-state index contributed by atoms with van der Waals surface area (Å²) in [7, 11) is 0. The molecule has 0 aromatic heterocycles. The van der Waals surface area contributed by atoms with E-state index in [1.54, 1.807) is 0 Å². The van der Waals surface area contributed by atoms with E-state index in [0.717, 1.165) is 0 Å². The van der Waals surface area contributed by atoms with Crippen LogP contribution >= 0.6 is 0 Å². The van der Waals surface area contributed by atoms with Gasteiger partial charge in [-0.2, -0.15) is 0 Å². The molecule has 0 rings (SSSR count). The Morgan fingerprint density at radius 1 is 1.00 bits per heavy atom. The molecule has 0 heterocycles. The quantitative estimate of drug-likeness (QED) is 0.508. The molecule has 0 aliphatic carbocycles. The normalized spacial score (nSPS) is 0. The Morgan fingerprint density at radius 3 is 1.00 bits per heavy atom. The second-order valence-electron chi connectivity index (χ2n) is 0. The van der Waals surface area contributed by atoms with E-state index in [9.17, 15) is 0 Å². The van der Waals surface area contributed by atoms with Crippen molar-refractivity contribution in [3.63, 3.8) is 0 Å². The van der Waals surface area contributed by atoms with Crippen LogP contribution in [0.15, 0.2) is 0 Å². The van der Waals surface area contributed by atoms with E-state index in [2.05, 4.69) is 0 Å². The van der Waals surface area contributed by atoms with Crippen molar-refractivity contribution < 1.29 is 68.0 Å². The van der Waals surface area contributed by atoms with Gasteiger partial charge in [-0.15, -0.1) is 0 Å². The molecule has 0 atom stereocenters. The van der Waals surface area contributed by atoms with Crippen molar-refractivity contribution in [3.05, 3.63) is 0 Å². The predicted molar refractivity (Wildman–Crippen MR) is 2.13 cm³/mol. The zero-order valence-corrected chi connectivity index (χ0v) is 6.45. The van der Waals surface area contributed by atoms with Gasteiger partial charge in [0.15, 0.2) is 0 Å². The van der Waals surface area contributed by atoms with Crippen molar-refractivity contribution in [1.82, 2.24) is 6.15 Å². The summed E-state index contributed by atoms with van der Waals surface area (Å²) in [5.41, 5.74) is 0. The van der Waals surface area contributed by atoms with Crippen LogP contribution < -0.4 is 6.15 Å². The average molecular weight is 235 g/mol. The molecule has 0 N–H and O–H groups in total. The van der Waals surface area contributed by atoms with E-state index in [1.807, 2.05) is 0 Å². The Balaban J connectivity index is 0. The topological polar surface area (TPSA) is 30.5 Å². The minimum atomic E-state index is 0. The molecule has 0 aromatic carbocycles. The van der Waals surface area contributed by atoms with Gasteiger partial charge in [0.1, 0.15) is 0 Å². The Kier molecular flexibility index (Phi) is 461. The maximum atomic E-state index is 0. The second kappa shape index (κ2) is 37.1. The molecule has 0 spiro atoms. The molecule has 0 unspecified atom stereocenters. The van der Waals surface area contributed by atoms with Crippen molar-refractivity contribution in [1.29, 1.82) is 0 Å². The fraction of sp³-hybridized carbons (Fsp3) is 0. The van der Waals surface area contributed by atoms with E-state index in [1.165, 1.54) is 0 Å². The van der Waals surface area contributed by atoms with Crippen LogP contribution in [0, 0.1) is 0 Å². The van der Waals surface area contributed by atoms with Crippen molar-refractivity contribution in [3.8, 4) is 0 Å². The summed E-state index contributed by atoms with van der Waals surface area (Å²) in [5, 5.41) is 0. The van der Waals surface area contributed by atoms with E-state index < -0.39 is 0 Å². The molecule has 0 aliphatic rings. The van der Waals surface area contributed by atoms with Gasteiger partial charge in [-0.25, -0.2) is 0 Å². The van der Waals surface area contributed by atoms with Crippen molar-refractivity contribution >= 4 is 0 Å². The fourth-order valence-corrected chi connectivity index (χ4v) is 0. The molecule has 4 radical (unpaired) electrons. The summed E-state index contributed by atoms with van der Waals surface area (Å²) < 4.78 is 0. The van der Waals surface area contributed by atoms with Gasteiger partial charge in [-0.3, -0.25) is 0 Å². The first kappa shape index (κ1) is 62.2. The van der Waals surface area contributed by atoms with Crippen LogP contribution in [0.5, 0.6) is 0 Å². The molecular weight excluding hydrogens is 235 g/mol. The monoisotopic (exact) mass is 235 g/mol. The average Bonchev–Trinajstić information content (AvgIpc) is 0. The standard InChI is InChI=1S/Cr.Fe.Mn.N.Ni. The third kappa shape index (κ3) is 23.8. The molecular formula is CrFeMnNNi. The van der Waals surface area contributed by atoms with E-state index in [4.69, 9.17) is 0 Å². The van der Waals surface area contributed by atoms with Gasteiger partial charge in [0.25, 0.3) is 0 Å².